The van der Waals surface area contributed by atoms with Crippen LogP contribution in [0.3, 0.4) is 0 Å². The molecule has 0 aliphatic carbocycles. The number of aromatic nitrogens is 2. The fourth-order valence-corrected chi connectivity index (χ4v) is 2.82. The van der Waals surface area contributed by atoms with Gasteiger partial charge in [0.1, 0.15) is 0 Å². The molecule has 2 amide bonds. The molecule has 2 heterocycles. The summed E-state index contributed by atoms with van der Waals surface area (Å²) >= 11 is 12.1. The molecule has 134 valence electrons. The number of fused-ring (bicyclic) bond motifs is 1. The lowest BCUT2D eigenvalue weighted by Gasteiger charge is -2.07. The second kappa shape index (κ2) is 7.35. The number of benzene rings is 1. The predicted molar refractivity (Wildman–Crippen MR) is 102 cm³/mol. The highest BCUT2D eigenvalue weighted by Gasteiger charge is 2.22. The minimum absolute atomic E-state index is 0.0545. The third-order valence-corrected chi connectivity index (χ3v) is 4.41. The number of pyridine rings is 1. The average Bonchev–Trinajstić information content (AvgIpc) is 2.98. The minimum atomic E-state index is -0.485. The molecule has 2 aromatic heterocycles. The van der Waals surface area contributed by atoms with Gasteiger partial charge in [0.05, 0.1) is 21.2 Å². The van der Waals surface area contributed by atoms with E-state index in [-0.39, 0.29) is 28.5 Å². The van der Waals surface area contributed by atoms with Crippen LogP contribution in [-0.2, 0) is 0 Å². The molecule has 3 aromatic rings. The number of nitrogens with zero attached hydrogens (tertiary/aromatic N) is 2. The highest BCUT2D eigenvalue weighted by atomic mass is 35.5. The van der Waals surface area contributed by atoms with E-state index >= 15 is 0 Å². The van der Waals surface area contributed by atoms with Crippen molar-refractivity contribution in [1.82, 2.24) is 14.7 Å². The van der Waals surface area contributed by atoms with Crippen molar-refractivity contribution in [1.29, 1.82) is 0 Å². The highest BCUT2D eigenvalue weighted by molar-refractivity contribution is 6.44. The molecule has 0 saturated heterocycles. The first-order valence-corrected chi connectivity index (χ1v) is 8.67. The molecule has 0 radical (unpaired) electrons. The monoisotopic (exact) mass is 390 g/mol. The van der Waals surface area contributed by atoms with E-state index in [1.807, 2.05) is 13.8 Å². The van der Waals surface area contributed by atoms with Crippen LogP contribution in [0, 0.1) is 0 Å². The summed E-state index contributed by atoms with van der Waals surface area (Å²) in [4.78, 5) is 29.4. The molecule has 0 spiro atoms. The molecule has 0 saturated carbocycles. The molecule has 0 bridgehead atoms. The Balaban J connectivity index is 2.01. The maximum Gasteiger partial charge on any atom is 0.287 e. The van der Waals surface area contributed by atoms with E-state index in [9.17, 15) is 9.59 Å². The van der Waals surface area contributed by atoms with Crippen LogP contribution >= 0.6 is 23.2 Å². The van der Waals surface area contributed by atoms with Gasteiger partial charge in [-0.3, -0.25) is 14.0 Å². The second-order valence-corrected chi connectivity index (χ2v) is 6.71. The van der Waals surface area contributed by atoms with Gasteiger partial charge in [0.15, 0.2) is 5.69 Å². The number of anilines is 1. The molecule has 3 rings (SSSR count). The van der Waals surface area contributed by atoms with Gasteiger partial charge in [-0.1, -0.05) is 35.3 Å². The fourth-order valence-electron chi connectivity index (χ4n) is 2.47. The summed E-state index contributed by atoms with van der Waals surface area (Å²) in [6.07, 6.45) is 1.68. The van der Waals surface area contributed by atoms with Gasteiger partial charge < -0.3 is 10.6 Å². The summed E-state index contributed by atoms with van der Waals surface area (Å²) in [6, 6.07) is 10.1. The topological polar surface area (TPSA) is 75.5 Å². The van der Waals surface area contributed by atoms with E-state index in [4.69, 9.17) is 23.2 Å². The van der Waals surface area contributed by atoms with Gasteiger partial charge in [0.2, 0.25) is 5.82 Å². The molecular formula is C18H16Cl2N4O2. The smallest absolute Gasteiger partial charge is 0.287 e. The Kier molecular flexibility index (Phi) is 5.15. The van der Waals surface area contributed by atoms with Crippen molar-refractivity contribution < 1.29 is 9.59 Å². The number of halogens is 2. The largest absolute Gasteiger partial charge is 0.347 e. The zero-order chi connectivity index (χ0) is 18.8. The molecule has 0 atom stereocenters. The SMILES string of the molecule is CC(C)NC(=O)c1nc(C(=O)Nc2cccc(Cl)c2Cl)c2ccccn12. The van der Waals surface area contributed by atoms with Crippen molar-refractivity contribution in [3.8, 4) is 0 Å². The zero-order valence-electron chi connectivity index (χ0n) is 14.1. The molecule has 8 heteroatoms. The number of hydrogen-bond acceptors (Lipinski definition) is 3. The van der Waals surface area contributed by atoms with Crippen molar-refractivity contribution in [3.05, 3.63) is 64.2 Å². The number of imidazole rings is 1. The van der Waals surface area contributed by atoms with Crippen LogP contribution in [0.1, 0.15) is 35.0 Å². The first-order chi connectivity index (χ1) is 12.4. The summed E-state index contributed by atoms with van der Waals surface area (Å²) < 4.78 is 1.58. The molecule has 1 aromatic carbocycles. The third kappa shape index (κ3) is 3.52. The molecule has 0 aliphatic heterocycles. The Morgan fingerprint density at radius 1 is 1.08 bits per heavy atom. The average molecular weight is 391 g/mol. The Bertz CT molecular complexity index is 998. The van der Waals surface area contributed by atoms with Crippen molar-refractivity contribution in [3.63, 3.8) is 0 Å². The van der Waals surface area contributed by atoms with Crippen molar-refractivity contribution in [2.45, 2.75) is 19.9 Å². The summed E-state index contributed by atoms with van der Waals surface area (Å²) in [7, 11) is 0. The molecule has 26 heavy (non-hydrogen) atoms. The predicted octanol–water partition coefficient (Wildman–Crippen LogP) is 4.03. The van der Waals surface area contributed by atoms with Gasteiger partial charge in [-0.05, 0) is 38.1 Å². The summed E-state index contributed by atoms with van der Waals surface area (Å²) in [5.41, 5.74) is 1.00. The standard InChI is InChI=1S/C18H16Cl2N4O2/c1-10(2)21-18(26)16-23-15(13-8-3-4-9-24(13)16)17(25)22-12-7-5-6-11(19)14(12)20/h3-10H,1-2H3,(H,21,26)(H,22,25). The van der Waals surface area contributed by atoms with Crippen LogP contribution in [0.4, 0.5) is 5.69 Å². The van der Waals surface area contributed by atoms with Gasteiger partial charge in [0, 0.05) is 12.2 Å². The van der Waals surface area contributed by atoms with Gasteiger partial charge in [-0.25, -0.2) is 4.98 Å². The molecular weight excluding hydrogens is 375 g/mol. The Morgan fingerprint density at radius 2 is 1.85 bits per heavy atom. The van der Waals surface area contributed by atoms with E-state index < -0.39 is 5.91 Å². The van der Waals surface area contributed by atoms with Crippen molar-refractivity contribution >= 4 is 46.2 Å². The fraction of sp³-hybridized carbons (Fsp3) is 0.167. The van der Waals surface area contributed by atoms with E-state index in [0.29, 0.717) is 16.2 Å². The van der Waals surface area contributed by atoms with Gasteiger partial charge in [-0.2, -0.15) is 0 Å². The number of carbonyl (C=O) groups is 2. The van der Waals surface area contributed by atoms with Gasteiger partial charge in [0.25, 0.3) is 11.8 Å². The third-order valence-electron chi connectivity index (χ3n) is 3.59. The first-order valence-electron chi connectivity index (χ1n) is 7.91. The summed E-state index contributed by atoms with van der Waals surface area (Å²) in [6.45, 7) is 3.70. The molecule has 0 aliphatic rings. The van der Waals surface area contributed by atoms with Gasteiger partial charge in [-0.15, -0.1) is 0 Å². The number of carbonyl (C=O) groups excluding carboxylic acids is 2. The lowest BCUT2D eigenvalue weighted by atomic mass is 10.3. The molecule has 0 unspecified atom stereocenters. The van der Waals surface area contributed by atoms with Gasteiger partial charge >= 0.3 is 0 Å². The van der Waals surface area contributed by atoms with E-state index in [0.717, 1.165) is 0 Å². The summed E-state index contributed by atoms with van der Waals surface area (Å²) in [5.74, 6) is -0.709. The Labute approximate surface area is 160 Å². The molecule has 2 N–H and O–H groups in total. The number of hydrogen-bond donors (Lipinski definition) is 2. The maximum atomic E-state index is 12.7. The van der Waals surface area contributed by atoms with Crippen LogP contribution in [0.15, 0.2) is 42.6 Å². The highest BCUT2D eigenvalue weighted by Crippen LogP contribution is 2.30. The van der Waals surface area contributed by atoms with E-state index in [1.54, 1.807) is 47.0 Å². The lowest BCUT2D eigenvalue weighted by Crippen LogP contribution is -2.31. The Morgan fingerprint density at radius 3 is 2.58 bits per heavy atom. The van der Waals surface area contributed by atoms with E-state index in [1.165, 1.54) is 0 Å². The number of nitrogens with one attached hydrogen (secondary N) is 2. The van der Waals surface area contributed by atoms with Crippen molar-refractivity contribution in [2.24, 2.45) is 0 Å². The minimum Gasteiger partial charge on any atom is -0.347 e. The van der Waals surface area contributed by atoms with Crippen LogP contribution in [0.25, 0.3) is 5.52 Å². The second-order valence-electron chi connectivity index (χ2n) is 5.92. The maximum absolute atomic E-state index is 12.7. The first kappa shape index (κ1) is 18.2. The number of amides is 2. The van der Waals surface area contributed by atoms with Crippen LogP contribution in [-0.4, -0.2) is 27.2 Å². The quantitative estimate of drug-likeness (QED) is 0.705. The van der Waals surface area contributed by atoms with Crippen molar-refractivity contribution in [2.75, 3.05) is 5.32 Å². The molecule has 6 nitrogen and oxygen atoms in total. The van der Waals surface area contributed by atoms with Crippen LogP contribution in [0.2, 0.25) is 10.0 Å². The zero-order valence-corrected chi connectivity index (χ0v) is 15.6. The molecule has 0 fully saturated rings. The van der Waals surface area contributed by atoms with Crippen LogP contribution in [0.5, 0.6) is 0 Å². The lowest BCUT2D eigenvalue weighted by molar-refractivity contribution is 0.0932. The summed E-state index contributed by atoms with van der Waals surface area (Å²) in [5, 5.41) is 6.04. The van der Waals surface area contributed by atoms with E-state index in [2.05, 4.69) is 15.6 Å². The number of rotatable bonds is 4. The Hall–Kier alpha value is -2.57. The normalized spacial score (nSPS) is 11.0. The van der Waals surface area contributed by atoms with Crippen LogP contribution < -0.4 is 10.6 Å².